The number of H-pyrrole nitrogens is 3. The smallest absolute Gasteiger partial charge is 0.329 e. The molecule has 3 heterocycles. The Hall–Kier alpha value is -3.05. The molecule has 0 saturated heterocycles. The Balaban J connectivity index is 1.97. The average Bonchev–Trinajstić information content (AvgIpc) is 3.43. The molecule has 0 spiro atoms. The van der Waals surface area contributed by atoms with E-state index in [0.29, 0.717) is 16.5 Å². The second-order valence-corrected chi connectivity index (χ2v) is 6.53. The van der Waals surface area contributed by atoms with Gasteiger partial charge in [0.05, 0.1) is 24.5 Å². The maximum absolute atomic E-state index is 14.8. The molecule has 1 aromatic carbocycles. The first-order valence-electron chi connectivity index (χ1n) is 8.24. The number of nitrogens with one attached hydrogen (secondary N) is 3. The summed E-state index contributed by atoms with van der Waals surface area (Å²) in [4.78, 5) is 5.34. The highest BCUT2D eigenvalue weighted by molar-refractivity contribution is 6.33. The molecule has 0 bridgehead atoms. The zero-order valence-corrected chi connectivity index (χ0v) is 15.9. The van der Waals surface area contributed by atoms with E-state index in [1.54, 1.807) is 12.3 Å². The third-order valence-corrected chi connectivity index (χ3v) is 4.70. The summed E-state index contributed by atoms with van der Waals surface area (Å²) in [6, 6.07) is 1.54. The van der Waals surface area contributed by atoms with E-state index in [-0.39, 0.29) is 27.8 Å². The quantitative estimate of drug-likeness (QED) is 0.434. The molecular formula is C17H14ClF3N6O2. The standard InChI is InChI=1S/C17H14ClF3N6O2/c1-28-6-17(20,21)16-25-15(26-27-16)14-10(7-4-22-23-5-7)8-3-9(29-2)11(18)12(19)13(8)24-14/h3-5,24H,6H2,1-2H3,(H,22,23)(H,25,26,27). The Bertz CT molecular complexity index is 1170. The third kappa shape index (κ3) is 3.12. The monoisotopic (exact) mass is 426 g/mol. The lowest BCUT2D eigenvalue weighted by atomic mass is 10.0. The van der Waals surface area contributed by atoms with Gasteiger partial charge in [0.2, 0.25) is 5.82 Å². The second kappa shape index (κ2) is 7.08. The number of hydrogen-bond acceptors (Lipinski definition) is 5. The molecule has 4 aromatic rings. The van der Waals surface area contributed by atoms with Gasteiger partial charge >= 0.3 is 5.92 Å². The number of methoxy groups -OCH3 is 2. The first-order chi connectivity index (χ1) is 13.9. The molecule has 0 fully saturated rings. The van der Waals surface area contributed by atoms with E-state index in [1.807, 2.05) is 0 Å². The highest BCUT2D eigenvalue weighted by atomic mass is 35.5. The number of hydrogen-bond donors (Lipinski definition) is 3. The Morgan fingerprint density at radius 1 is 1.21 bits per heavy atom. The van der Waals surface area contributed by atoms with Crippen LogP contribution in [0.15, 0.2) is 18.5 Å². The lowest BCUT2D eigenvalue weighted by Gasteiger charge is -2.10. The van der Waals surface area contributed by atoms with Crippen molar-refractivity contribution < 1.29 is 22.6 Å². The van der Waals surface area contributed by atoms with Crippen molar-refractivity contribution in [3.8, 4) is 28.4 Å². The molecule has 29 heavy (non-hydrogen) atoms. The Kier molecular flexibility index (Phi) is 4.71. The van der Waals surface area contributed by atoms with Crippen LogP contribution < -0.4 is 4.74 Å². The fraction of sp³-hybridized carbons (Fsp3) is 0.235. The molecule has 0 unspecified atom stereocenters. The Morgan fingerprint density at radius 3 is 2.66 bits per heavy atom. The number of ether oxygens (including phenoxy) is 2. The van der Waals surface area contributed by atoms with E-state index in [4.69, 9.17) is 16.3 Å². The van der Waals surface area contributed by atoms with Gasteiger partial charge in [-0.15, -0.1) is 10.2 Å². The summed E-state index contributed by atoms with van der Waals surface area (Å²) in [5.41, 5.74) is 1.32. The molecule has 0 atom stereocenters. The first-order valence-corrected chi connectivity index (χ1v) is 8.62. The third-order valence-electron chi connectivity index (χ3n) is 4.35. The van der Waals surface area contributed by atoms with Crippen LogP contribution in [0.3, 0.4) is 0 Å². The van der Waals surface area contributed by atoms with Crippen LogP contribution >= 0.6 is 11.6 Å². The molecule has 12 heteroatoms. The van der Waals surface area contributed by atoms with Crippen molar-refractivity contribution in [3.05, 3.63) is 35.1 Å². The molecule has 3 N–H and O–H groups in total. The predicted octanol–water partition coefficient (Wildman–Crippen LogP) is 3.88. The summed E-state index contributed by atoms with van der Waals surface area (Å²) < 4.78 is 52.7. The van der Waals surface area contributed by atoms with Crippen LogP contribution in [0.2, 0.25) is 5.02 Å². The van der Waals surface area contributed by atoms with Crippen molar-refractivity contribution in [2.45, 2.75) is 5.92 Å². The number of rotatable bonds is 6. The van der Waals surface area contributed by atoms with Gasteiger partial charge in [0.25, 0.3) is 0 Å². The minimum atomic E-state index is -3.38. The van der Waals surface area contributed by atoms with Crippen molar-refractivity contribution in [2.75, 3.05) is 20.8 Å². The van der Waals surface area contributed by atoms with Crippen molar-refractivity contribution >= 4 is 22.5 Å². The first kappa shape index (κ1) is 19.3. The van der Waals surface area contributed by atoms with Crippen LogP contribution in [0.4, 0.5) is 13.2 Å². The number of aromatic nitrogens is 6. The lowest BCUT2D eigenvalue weighted by molar-refractivity contribution is -0.0763. The fourth-order valence-electron chi connectivity index (χ4n) is 3.05. The largest absolute Gasteiger partial charge is 0.495 e. The Labute approximate surface area is 166 Å². The number of aromatic amines is 3. The average molecular weight is 427 g/mol. The molecule has 8 nitrogen and oxygen atoms in total. The van der Waals surface area contributed by atoms with Crippen LogP contribution in [-0.4, -0.2) is 51.2 Å². The van der Waals surface area contributed by atoms with Crippen LogP contribution in [0, 0.1) is 5.82 Å². The normalized spacial score (nSPS) is 12.1. The molecule has 0 aliphatic carbocycles. The Morgan fingerprint density at radius 2 is 2.00 bits per heavy atom. The molecule has 0 aliphatic heterocycles. The summed E-state index contributed by atoms with van der Waals surface area (Å²) >= 11 is 6.02. The lowest BCUT2D eigenvalue weighted by Crippen LogP contribution is -2.21. The number of alkyl halides is 2. The molecule has 0 radical (unpaired) electrons. The minimum Gasteiger partial charge on any atom is -0.495 e. The van der Waals surface area contributed by atoms with Gasteiger partial charge < -0.3 is 19.4 Å². The molecule has 152 valence electrons. The van der Waals surface area contributed by atoms with E-state index >= 15 is 0 Å². The molecule has 0 aliphatic rings. The zero-order chi connectivity index (χ0) is 20.8. The van der Waals surface area contributed by atoms with Crippen molar-refractivity contribution in [3.63, 3.8) is 0 Å². The second-order valence-electron chi connectivity index (χ2n) is 6.15. The van der Waals surface area contributed by atoms with Gasteiger partial charge in [-0.3, -0.25) is 5.10 Å². The minimum absolute atomic E-state index is 0.0160. The van der Waals surface area contributed by atoms with E-state index < -0.39 is 24.2 Å². The molecule has 0 amide bonds. The maximum atomic E-state index is 14.8. The van der Waals surface area contributed by atoms with Gasteiger partial charge in [-0.2, -0.15) is 13.9 Å². The van der Waals surface area contributed by atoms with Crippen LogP contribution in [0.1, 0.15) is 5.82 Å². The number of halogens is 4. The van der Waals surface area contributed by atoms with Crippen LogP contribution in [0.5, 0.6) is 5.75 Å². The number of nitrogens with zero attached hydrogens (tertiary/aromatic N) is 3. The van der Waals surface area contributed by atoms with Crippen LogP contribution in [0.25, 0.3) is 33.5 Å². The summed E-state index contributed by atoms with van der Waals surface area (Å²) in [5.74, 6) is -4.70. The number of benzene rings is 1. The highest BCUT2D eigenvalue weighted by Gasteiger charge is 2.36. The van der Waals surface area contributed by atoms with Gasteiger partial charge in [0.1, 0.15) is 17.4 Å². The van der Waals surface area contributed by atoms with E-state index in [9.17, 15) is 13.2 Å². The molecular weight excluding hydrogens is 413 g/mol. The molecule has 3 aromatic heterocycles. The van der Waals surface area contributed by atoms with Gasteiger partial charge in [-0.25, -0.2) is 4.39 Å². The predicted molar refractivity (Wildman–Crippen MR) is 98.5 cm³/mol. The van der Waals surface area contributed by atoms with Gasteiger partial charge in [-0.05, 0) is 6.07 Å². The maximum Gasteiger partial charge on any atom is 0.329 e. The summed E-state index contributed by atoms with van der Waals surface area (Å²) in [5, 5.41) is 14.1. The topological polar surface area (TPSA) is 104 Å². The van der Waals surface area contributed by atoms with Crippen molar-refractivity contribution in [2.24, 2.45) is 0 Å². The highest BCUT2D eigenvalue weighted by Crippen LogP contribution is 2.42. The summed E-state index contributed by atoms with van der Waals surface area (Å²) in [6.45, 7) is -0.871. The van der Waals surface area contributed by atoms with Crippen molar-refractivity contribution in [1.29, 1.82) is 0 Å². The summed E-state index contributed by atoms with van der Waals surface area (Å²) in [6.07, 6.45) is 3.07. The fourth-order valence-corrected chi connectivity index (χ4v) is 3.27. The van der Waals surface area contributed by atoms with E-state index in [2.05, 4.69) is 35.1 Å². The van der Waals surface area contributed by atoms with E-state index in [1.165, 1.54) is 13.3 Å². The van der Waals surface area contributed by atoms with Gasteiger partial charge in [0, 0.05) is 29.8 Å². The van der Waals surface area contributed by atoms with Crippen LogP contribution in [-0.2, 0) is 10.7 Å². The van der Waals surface area contributed by atoms with Crippen molar-refractivity contribution in [1.82, 2.24) is 30.4 Å². The SMILES string of the molecule is COCC(F)(F)c1nnc(-c2[nH]c3c(F)c(Cl)c(OC)cc3c2-c2cn[nH]c2)[nH]1. The van der Waals surface area contributed by atoms with Gasteiger partial charge in [-0.1, -0.05) is 11.6 Å². The van der Waals surface area contributed by atoms with Gasteiger partial charge in [0.15, 0.2) is 11.6 Å². The molecule has 4 rings (SSSR count). The van der Waals surface area contributed by atoms with E-state index in [0.717, 1.165) is 7.11 Å². The summed E-state index contributed by atoms with van der Waals surface area (Å²) in [7, 11) is 2.51. The number of fused-ring (bicyclic) bond motifs is 1. The zero-order valence-electron chi connectivity index (χ0n) is 15.1. The molecule has 0 saturated carbocycles.